The number of rotatable bonds is 6. The molecule has 0 rings (SSSR count). The van der Waals surface area contributed by atoms with Crippen LogP contribution in [0.1, 0.15) is 20.3 Å². The molecule has 0 aliphatic rings. The highest BCUT2D eigenvalue weighted by atomic mass is 16.4. The van der Waals surface area contributed by atoms with Crippen molar-refractivity contribution in [2.75, 3.05) is 20.1 Å². The highest BCUT2D eigenvalue weighted by Crippen LogP contribution is 1.90. The van der Waals surface area contributed by atoms with Gasteiger partial charge >= 0.3 is 5.97 Å². The number of carbonyl (C=O) groups is 2. The predicted molar refractivity (Wildman–Crippen MR) is 53.0 cm³/mol. The van der Waals surface area contributed by atoms with Gasteiger partial charge in [-0.25, -0.2) is 0 Å². The Hall–Kier alpha value is -1.10. The standard InChI is InChI=1S/C9H18N2O3/c1-4-11(3)8(12)6-10-7(2)5-9(13)14/h7,10H,4-6H2,1-3H3,(H,13,14). The maximum atomic E-state index is 11.3. The van der Waals surface area contributed by atoms with E-state index in [4.69, 9.17) is 5.11 Å². The number of likely N-dealkylation sites (N-methyl/N-ethyl adjacent to an activating group) is 1. The van der Waals surface area contributed by atoms with Crippen molar-refractivity contribution in [2.24, 2.45) is 0 Å². The van der Waals surface area contributed by atoms with Crippen molar-refractivity contribution < 1.29 is 14.7 Å². The topological polar surface area (TPSA) is 69.6 Å². The van der Waals surface area contributed by atoms with Crippen molar-refractivity contribution in [1.29, 1.82) is 0 Å². The summed E-state index contributed by atoms with van der Waals surface area (Å²) >= 11 is 0. The van der Waals surface area contributed by atoms with Gasteiger partial charge in [-0.15, -0.1) is 0 Å². The van der Waals surface area contributed by atoms with E-state index in [9.17, 15) is 9.59 Å². The molecule has 5 heteroatoms. The van der Waals surface area contributed by atoms with Crippen LogP contribution in [0, 0.1) is 0 Å². The summed E-state index contributed by atoms with van der Waals surface area (Å²) in [6.45, 7) is 4.48. The van der Waals surface area contributed by atoms with Gasteiger partial charge in [-0.05, 0) is 13.8 Å². The first-order chi connectivity index (χ1) is 6.47. The van der Waals surface area contributed by atoms with Crippen LogP contribution in [0.4, 0.5) is 0 Å². The van der Waals surface area contributed by atoms with Crippen LogP contribution in [0.15, 0.2) is 0 Å². The minimum absolute atomic E-state index is 0.0234. The maximum Gasteiger partial charge on any atom is 0.304 e. The fraction of sp³-hybridized carbons (Fsp3) is 0.778. The number of carbonyl (C=O) groups excluding carboxylic acids is 1. The molecule has 0 heterocycles. The zero-order valence-corrected chi connectivity index (χ0v) is 8.91. The number of carboxylic acids is 1. The van der Waals surface area contributed by atoms with Gasteiger partial charge in [0.2, 0.25) is 5.91 Å². The second-order valence-electron chi connectivity index (χ2n) is 3.29. The van der Waals surface area contributed by atoms with E-state index in [1.807, 2.05) is 6.92 Å². The van der Waals surface area contributed by atoms with Gasteiger partial charge in [0.05, 0.1) is 13.0 Å². The smallest absolute Gasteiger partial charge is 0.304 e. The maximum absolute atomic E-state index is 11.3. The van der Waals surface area contributed by atoms with Gasteiger partial charge in [0, 0.05) is 19.6 Å². The predicted octanol–water partition coefficient (Wildman–Crippen LogP) is -0.0825. The Morgan fingerprint density at radius 1 is 1.50 bits per heavy atom. The highest BCUT2D eigenvalue weighted by molar-refractivity contribution is 5.78. The molecule has 0 aromatic rings. The lowest BCUT2D eigenvalue weighted by molar-refractivity contribution is -0.138. The van der Waals surface area contributed by atoms with Crippen LogP contribution in [0.2, 0.25) is 0 Å². The Labute approximate surface area is 84.1 Å². The van der Waals surface area contributed by atoms with E-state index in [1.165, 1.54) is 0 Å². The average Bonchev–Trinajstić information content (AvgIpc) is 2.11. The minimum atomic E-state index is -0.860. The summed E-state index contributed by atoms with van der Waals surface area (Å²) in [6, 6.07) is -0.179. The van der Waals surface area contributed by atoms with Gasteiger partial charge < -0.3 is 15.3 Å². The molecule has 0 saturated carbocycles. The lowest BCUT2D eigenvalue weighted by Crippen LogP contribution is -2.39. The van der Waals surface area contributed by atoms with E-state index in [1.54, 1.807) is 18.9 Å². The summed E-state index contributed by atoms with van der Waals surface area (Å²) in [4.78, 5) is 23.2. The van der Waals surface area contributed by atoms with E-state index in [0.717, 1.165) is 0 Å². The fourth-order valence-electron chi connectivity index (χ4n) is 0.907. The molecule has 0 bridgehead atoms. The van der Waals surface area contributed by atoms with Crippen molar-refractivity contribution in [3.8, 4) is 0 Å². The molecular formula is C9H18N2O3. The molecule has 0 aliphatic carbocycles. The third kappa shape index (κ3) is 5.53. The molecule has 0 saturated heterocycles. The average molecular weight is 202 g/mol. The molecule has 82 valence electrons. The highest BCUT2D eigenvalue weighted by Gasteiger charge is 2.10. The van der Waals surface area contributed by atoms with Gasteiger partial charge in [0.1, 0.15) is 0 Å². The van der Waals surface area contributed by atoms with Crippen LogP contribution in [-0.2, 0) is 9.59 Å². The number of nitrogens with one attached hydrogen (secondary N) is 1. The van der Waals surface area contributed by atoms with Gasteiger partial charge in [-0.3, -0.25) is 9.59 Å². The van der Waals surface area contributed by atoms with Gasteiger partial charge in [0.25, 0.3) is 0 Å². The minimum Gasteiger partial charge on any atom is -0.481 e. The molecule has 14 heavy (non-hydrogen) atoms. The van der Waals surface area contributed by atoms with Crippen molar-refractivity contribution in [3.05, 3.63) is 0 Å². The number of amides is 1. The van der Waals surface area contributed by atoms with Gasteiger partial charge in [-0.1, -0.05) is 0 Å². The summed E-state index contributed by atoms with van der Waals surface area (Å²) in [7, 11) is 1.71. The molecule has 0 aromatic carbocycles. The molecular weight excluding hydrogens is 184 g/mol. The van der Waals surface area contributed by atoms with Crippen LogP contribution in [-0.4, -0.2) is 48.1 Å². The summed E-state index contributed by atoms with van der Waals surface area (Å²) in [6.07, 6.45) is 0.0309. The Morgan fingerprint density at radius 3 is 2.50 bits per heavy atom. The van der Waals surface area contributed by atoms with Crippen molar-refractivity contribution >= 4 is 11.9 Å². The van der Waals surface area contributed by atoms with E-state index >= 15 is 0 Å². The Kier molecular flexibility index (Phi) is 5.87. The SMILES string of the molecule is CCN(C)C(=O)CNC(C)CC(=O)O. The Morgan fingerprint density at radius 2 is 2.07 bits per heavy atom. The molecule has 1 atom stereocenters. The monoisotopic (exact) mass is 202 g/mol. The lowest BCUT2D eigenvalue weighted by atomic mass is 10.2. The number of hydrogen-bond donors (Lipinski definition) is 2. The Balaban J connectivity index is 3.71. The van der Waals surface area contributed by atoms with E-state index in [0.29, 0.717) is 6.54 Å². The number of aliphatic carboxylic acids is 1. The van der Waals surface area contributed by atoms with Gasteiger partial charge in [0.15, 0.2) is 0 Å². The van der Waals surface area contributed by atoms with Crippen molar-refractivity contribution in [1.82, 2.24) is 10.2 Å². The molecule has 1 amide bonds. The van der Waals surface area contributed by atoms with E-state index in [-0.39, 0.29) is 24.9 Å². The second kappa shape index (κ2) is 6.37. The molecule has 2 N–H and O–H groups in total. The summed E-state index contributed by atoms with van der Waals surface area (Å²) in [5, 5.41) is 11.3. The fourth-order valence-corrected chi connectivity index (χ4v) is 0.907. The first-order valence-electron chi connectivity index (χ1n) is 4.66. The summed E-state index contributed by atoms with van der Waals surface area (Å²) < 4.78 is 0. The van der Waals surface area contributed by atoms with Crippen LogP contribution in [0.5, 0.6) is 0 Å². The second-order valence-corrected chi connectivity index (χ2v) is 3.29. The summed E-state index contributed by atoms with van der Waals surface area (Å²) in [5.74, 6) is -0.883. The molecule has 5 nitrogen and oxygen atoms in total. The quantitative estimate of drug-likeness (QED) is 0.632. The Bertz CT molecular complexity index is 206. The van der Waals surface area contributed by atoms with Crippen LogP contribution in [0.25, 0.3) is 0 Å². The van der Waals surface area contributed by atoms with Crippen LogP contribution in [0.3, 0.4) is 0 Å². The largest absolute Gasteiger partial charge is 0.481 e. The van der Waals surface area contributed by atoms with E-state index in [2.05, 4.69) is 5.32 Å². The molecule has 0 aromatic heterocycles. The molecule has 0 fully saturated rings. The molecule has 0 radical (unpaired) electrons. The zero-order chi connectivity index (χ0) is 11.1. The van der Waals surface area contributed by atoms with Gasteiger partial charge in [-0.2, -0.15) is 0 Å². The first kappa shape index (κ1) is 12.9. The van der Waals surface area contributed by atoms with E-state index < -0.39 is 5.97 Å². The first-order valence-corrected chi connectivity index (χ1v) is 4.66. The number of carboxylic acid groups (broad SMARTS) is 1. The van der Waals surface area contributed by atoms with Crippen molar-refractivity contribution in [2.45, 2.75) is 26.3 Å². The lowest BCUT2D eigenvalue weighted by Gasteiger charge is -2.16. The normalized spacial score (nSPS) is 12.2. The summed E-state index contributed by atoms with van der Waals surface area (Å²) in [5.41, 5.74) is 0. The van der Waals surface area contributed by atoms with Crippen LogP contribution < -0.4 is 5.32 Å². The molecule has 0 spiro atoms. The zero-order valence-electron chi connectivity index (χ0n) is 8.91. The molecule has 1 unspecified atom stereocenters. The number of hydrogen-bond acceptors (Lipinski definition) is 3. The van der Waals surface area contributed by atoms with Crippen molar-refractivity contribution in [3.63, 3.8) is 0 Å². The van der Waals surface area contributed by atoms with Crippen LogP contribution >= 0.6 is 0 Å². The molecule has 0 aliphatic heterocycles. The third-order valence-corrected chi connectivity index (χ3v) is 1.98. The third-order valence-electron chi connectivity index (χ3n) is 1.98. The number of nitrogens with zero attached hydrogens (tertiary/aromatic N) is 1.